The third kappa shape index (κ3) is 2.66. The lowest BCUT2D eigenvalue weighted by molar-refractivity contribution is 0.0633. The van der Waals surface area contributed by atoms with Crippen LogP contribution in [0.1, 0.15) is 62.1 Å². The predicted molar refractivity (Wildman–Crippen MR) is 73.1 cm³/mol. The molecule has 0 bridgehead atoms. The van der Waals surface area contributed by atoms with E-state index in [-0.39, 0.29) is 12.5 Å². The number of nitrogens with one attached hydrogen (secondary N) is 1. The second kappa shape index (κ2) is 5.33. The van der Waals surface area contributed by atoms with Gasteiger partial charge in [-0.05, 0) is 38.2 Å². The van der Waals surface area contributed by atoms with E-state index in [0.29, 0.717) is 18.2 Å². The molecule has 0 atom stereocenters. The lowest BCUT2D eigenvalue weighted by atomic mass is 9.77. The van der Waals surface area contributed by atoms with Gasteiger partial charge in [0, 0.05) is 6.54 Å². The molecule has 1 heterocycles. The summed E-state index contributed by atoms with van der Waals surface area (Å²) in [5.74, 6) is 0.171. The van der Waals surface area contributed by atoms with Crippen molar-refractivity contribution in [3.05, 3.63) is 17.5 Å². The van der Waals surface area contributed by atoms with Crippen LogP contribution in [0.3, 0.4) is 0 Å². The van der Waals surface area contributed by atoms with Gasteiger partial charge >= 0.3 is 0 Å². The van der Waals surface area contributed by atoms with Crippen LogP contribution < -0.4 is 5.32 Å². The number of nitrogens with zero attached hydrogens (tertiary/aromatic N) is 2. The number of amides is 1. The summed E-state index contributed by atoms with van der Waals surface area (Å²) in [5, 5.41) is 16.8. The number of hydrogen-bond donors (Lipinski definition) is 2. The Bertz CT molecular complexity index is 456. The molecule has 0 aromatic carbocycles. The van der Waals surface area contributed by atoms with Crippen molar-refractivity contribution in [2.75, 3.05) is 6.61 Å². The molecule has 0 aliphatic heterocycles. The van der Waals surface area contributed by atoms with Gasteiger partial charge in [0.05, 0.1) is 17.8 Å². The van der Waals surface area contributed by atoms with E-state index < -0.39 is 5.54 Å². The van der Waals surface area contributed by atoms with Crippen molar-refractivity contribution < 1.29 is 9.90 Å². The first-order valence-corrected chi connectivity index (χ1v) is 7.02. The van der Waals surface area contributed by atoms with Gasteiger partial charge in [-0.3, -0.25) is 9.48 Å². The van der Waals surface area contributed by atoms with Gasteiger partial charge in [-0.1, -0.05) is 13.8 Å². The molecule has 19 heavy (non-hydrogen) atoms. The highest BCUT2D eigenvalue weighted by atomic mass is 16.3. The number of hydrogen-bond acceptors (Lipinski definition) is 3. The fourth-order valence-electron chi connectivity index (χ4n) is 2.37. The molecule has 0 spiro atoms. The fraction of sp³-hybridized carbons (Fsp3) is 0.714. The quantitative estimate of drug-likeness (QED) is 0.851. The Morgan fingerprint density at radius 1 is 1.58 bits per heavy atom. The lowest BCUT2D eigenvalue weighted by Crippen LogP contribution is -2.56. The lowest BCUT2D eigenvalue weighted by Gasteiger charge is -2.40. The highest BCUT2D eigenvalue weighted by molar-refractivity contribution is 5.93. The van der Waals surface area contributed by atoms with E-state index in [4.69, 9.17) is 0 Å². The maximum atomic E-state index is 12.3. The molecule has 2 rings (SSSR count). The minimum atomic E-state index is -0.405. The fourth-order valence-corrected chi connectivity index (χ4v) is 2.37. The SMILES string of the molecule is CCn1nc(C(C)C)cc1C(=O)NC1(CO)CCC1. The molecule has 1 aliphatic carbocycles. The molecule has 1 aromatic heterocycles. The average Bonchev–Trinajstić information content (AvgIpc) is 2.77. The molecule has 1 saturated carbocycles. The Labute approximate surface area is 114 Å². The summed E-state index contributed by atoms with van der Waals surface area (Å²) >= 11 is 0. The minimum absolute atomic E-state index is 0.00996. The molecule has 0 saturated heterocycles. The van der Waals surface area contributed by atoms with Crippen LogP contribution in [-0.2, 0) is 6.54 Å². The Hall–Kier alpha value is -1.36. The summed E-state index contributed by atoms with van der Waals surface area (Å²) in [4.78, 5) is 12.3. The van der Waals surface area contributed by atoms with E-state index in [1.807, 2.05) is 13.0 Å². The van der Waals surface area contributed by atoms with E-state index in [0.717, 1.165) is 25.0 Å². The first-order valence-electron chi connectivity index (χ1n) is 7.02. The summed E-state index contributed by atoms with van der Waals surface area (Å²) in [6.45, 7) is 6.77. The topological polar surface area (TPSA) is 67.2 Å². The van der Waals surface area contributed by atoms with Gasteiger partial charge in [-0.2, -0.15) is 5.10 Å². The van der Waals surface area contributed by atoms with Gasteiger partial charge in [0.1, 0.15) is 5.69 Å². The second-order valence-corrected chi connectivity index (χ2v) is 5.67. The molecule has 0 radical (unpaired) electrons. The Balaban J connectivity index is 2.18. The van der Waals surface area contributed by atoms with Crippen molar-refractivity contribution in [1.29, 1.82) is 0 Å². The molecule has 0 unspecified atom stereocenters. The van der Waals surface area contributed by atoms with Gasteiger partial charge in [0.2, 0.25) is 0 Å². The standard InChI is InChI=1S/C14H23N3O2/c1-4-17-12(8-11(16-17)10(2)3)13(19)15-14(9-18)6-5-7-14/h8,10,18H,4-7,9H2,1-3H3,(H,15,19). The van der Waals surface area contributed by atoms with Gasteiger partial charge in [0.25, 0.3) is 5.91 Å². The zero-order valence-corrected chi connectivity index (χ0v) is 11.9. The van der Waals surface area contributed by atoms with Gasteiger partial charge in [-0.15, -0.1) is 0 Å². The van der Waals surface area contributed by atoms with E-state index in [1.165, 1.54) is 0 Å². The maximum Gasteiger partial charge on any atom is 0.270 e. The van der Waals surface area contributed by atoms with Crippen LogP contribution in [0.4, 0.5) is 0 Å². The van der Waals surface area contributed by atoms with Gasteiger partial charge < -0.3 is 10.4 Å². The van der Waals surface area contributed by atoms with Crippen molar-refractivity contribution in [3.63, 3.8) is 0 Å². The smallest absolute Gasteiger partial charge is 0.270 e. The van der Waals surface area contributed by atoms with Crippen molar-refractivity contribution in [3.8, 4) is 0 Å². The highest BCUT2D eigenvalue weighted by Gasteiger charge is 2.38. The molecular weight excluding hydrogens is 242 g/mol. The number of aliphatic hydroxyl groups excluding tert-OH is 1. The first kappa shape index (κ1) is 14.1. The van der Waals surface area contributed by atoms with Crippen LogP contribution in [0.5, 0.6) is 0 Å². The molecule has 106 valence electrons. The highest BCUT2D eigenvalue weighted by Crippen LogP contribution is 2.31. The summed E-state index contributed by atoms with van der Waals surface area (Å²) in [6, 6.07) is 1.85. The van der Waals surface area contributed by atoms with Crippen LogP contribution in [-0.4, -0.2) is 32.9 Å². The Morgan fingerprint density at radius 3 is 2.68 bits per heavy atom. The maximum absolute atomic E-state index is 12.3. The monoisotopic (exact) mass is 265 g/mol. The van der Waals surface area contributed by atoms with Crippen LogP contribution in [0, 0.1) is 0 Å². The minimum Gasteiger partial charge on any atom is -0.394 e. The van der Waals surface area contributed by atoms with E-state index in [9.17, 15) is 9.90 Å². The average molecular weight is 265 g/mol. The van der Waals surface area contributed by atoms with Crippen LogP contribution in [0.25, 0.3) is 0 Å². The molecule has 1 fully saturated rings. The zero-order chi connectivity index (χ0) is 14.0. The molecule has 2 N–H and O–H groups in total. The summed E-state index contributed by atoms with van der Waals surface area (Å²) in [6.07, 6.45) is 2.77. The molecule has 5 heteroatoms. The third-order valence-corrected chi connectivity index (χ3v) is 3.91. The van der Waals surface area contributed by atoms with Crippen molar-refractivity contribution in [2.45, 2.75) is 58.0 Å². The number of rotatable bonds is 5. The number of aliphatic hydroxyl groups is 1. The Kier molecular flexibility index (Phi) is 3.94. The predicted octanol–water partition coefficient (Wildman–Crippen LogP) is 1.67. The van der Waals surface area contributed by atoms with Crippen molar-refractivity contribution >= 4 is 5.91 Å². The van der Waals surface area contributed by atoms with E-state index in [1.54, 1.807) is 4.68 Å². The molecule has 1 aromatic rings. The zero-order valence-electron chi connectivity index (χ0n) is 11.9. The normalized spacial score (nSPS) is 17.3. The summed E-state index contributed by atoms with van der Waals surface area (Å²) in [7, 11) is 0. The van der Waals surface area contributed by atoms with E-state index >= 15 is 0 Å². The number of carbonyl (C=O) groups excluding carboxylic acids is 1. The molecule has 1 amide bonds. The third-order valence-electron chi connectivity index (χ3n) is 3.91. The summed E-state index contributed by atoms with van der Waals surface area (Å²) < 4.78 is 1.73. The van der Waals surface area contributed by atoms with E-state index in [2.05, 4.69) is 24.3 Å². The number of aromatic nitrogens is 2. The summed E-state index contributed by atoms with van der Waals surface area (Å²) in [5.41, 5.74) is 1.11. The number of carbonyl (C=O) groups is 1. The second-order valence-electron chi connectivity index (χ2n) is 5.67. The van der Waals surface area contributed by atoms with Gasteiger partial charge in [0.15, 0.2) is 0 Å². The van der Waals surface area contributed by atoms with Gasteiger partial charge in [-0.25, -0.2) is 0 Å². The first-order chi connectivity index (χ1) is 9.01. The molecule has 1 aliphatic rings. The van der Waals surface area contributed by atoms with Crippen molar-refractivity contribution in [2.24, 2.45) is 0 Å². The van der Waals surface area contributed by atoms with Crippen LogP contribution in [0.15, 0.2) is 6.07 Å². The van der Waals surface area contributed by atoms with Crippen LogP contribution >= 0.6 is 0 Å². The molecule has 5 nitrogen and oxygen atoms in total. The Morgan fingerprint density at radius 2 is 2.26 bits per heavy atom. The largest absolute Gasteiger partial charge is 0.394 e. The molecular formula is C14H23N3O2. The van der Waals surface area contributed by atoms with Crippen LogP contribution in [0.2, 0.25) is 0 Å². The van der Waals surface area contributed by atoms with Crippen molar-refractivity contribution in [1.82, 2.24) is 15.1 Å². The number of aryl methyl sites for hydroxylation is 1.